The zero-order chi connectivity index (χ0) is 21.3. The first kappa shape index (κ1) is 20.6. The van der Waals surface area contributed by atoms with E-state index in [9.17, 15) is 13.9 Å². The minimum absolute atomic E-state index is 0.00370. The molecule has 3 aromatic carbocycles. The third kappa shape index (κ3) is 3.98. The molecule has 0 amide bonds. The molecule has 4 nitrogen and oxygen atoms in total. The first-order chi connectivity index (χ1) is 14.5. The van der Waals surface area contributed by atoms with Gasteiger partial charge in [-0.15, -0.1) is 0 Å². The van der Waals surface area contributed by atoms with Crippen molar-refractivity contribution in [2.24, 2.45) is 0 Å². The predicted octanol–water partition coefficient (Wildman–Crippen LogP) is 5.50. The SMILES string of the molecule is Cc1c(-c2ccc(CO)cc2)cc(-c2ccc(Cl)cc2)n1-c1ccc(S(=O)[O-])cc1. The van der Waals surface area contributed by atoms with E-state index in [0.29, 0.717) is 5.02 Å². The quantitative estimate of drug-likeness (QED) is 0.420. The van der Waals surface area contributed by atoms with Crippen molar-refractivity contribution in [1.29, 1.82) is 0 Å². The maximum Gasteiger partial charge on any atom is 0.0681 e. The Bertz CT molecular complexity index is 1200. The first-order valence-electron chi connectivity index (χ1n) is 9.36. The summed E-state index contributed by atoms with van der Waals surface area (Å²) in [6, 6.07) is 24.4. The molecule has 0 aliphatic heterocycles. The molecule has 6 heteroatoms. The lowest BCUT2D eigenvalue weighted by molar-refractivity contribution is 0.282. The fraction of sp³-hybridized carbons (Fsp3) is 0.0833. The summed E-state index contributed by atoms with van der Waals surface area (Å²) in [4.78, 5) is 0.247. The van der Waals surface area contributed by atoms with Crippen LogP contribution in [0.2, 0.25) is 5.02 Å². The highest BCUT2D eigenvalue weighted by Crippen LogP contribution is 2.35. The molecule has 0 fully saturated rings. The number of hydrogen-bond donors (Lipinski definition) is 1. The van der Waals surface area contributed by atoms with Gasteiger partial charge in [0.15, 0.2) is 0 Å². The summed E-state index contributed by atoms with van der Waals surface area (Å²) in [7, 11) is 0. The molecule has 0 bridgehead atoms. The van der Waals surface area contributed by atoms with Gasteiger partial charge in [-0.3, -0.25) is 4.21 Å². The number of halogens is 1. The highest BCUT2D eigenvalue weighted by atomic mass is 35.5. The molecule has 4 rings (SSSR count). The number of nitrogens with zero attached hydrogens (tertiary/aromatic N) is 1. The van der Waals surface area contributed by atoms with Crippen molar-refractivity contribution in [3.63, 3.8) is 0 Å². The average Bonchev–Trinajstić information content (AvgIpc) is 3.11. The molecule has 1 atom stereocenters. The van der Waals surface area contributed by atoms with Gasteiger partial charge in [-0.05, 0) is 77.2 Å². The molecule has 0 spiro atoms. The molecular formula is C24H19ClNO3S-. The lowest BCUT2D eigenvalue weighted by Crippen LogP contribution is -2.00. The van der Waals surface area contributed by atoms with E-state index >= 15 is 0 Å². The minimum Gasteiger partial charge on any atom is -0.768 e. The first-order valence-corrected chi connectivity index (χ1v) is 10.8. The van der Waals surface area contributed by atoms with Crippen LogP contribution in [0, 0.1) is 6.92 Å². The van der Waals surface area contributed by atoms with Crippen LogP contribution in [0.15, 0.2) is 83.8 Å². The molecule has 152 valence electrons. The molecule has 1 heterocycles. The summed E-state index contributed by atoms with van der Waals surface area (Å²) in [6.45, 7) is 2.04. The van der Waals surface area contributed by atoms with Crippen LogP contribution in [0.25, 0.3) is 28.1 Å². The maximum absolute atomic E-state index is 11.2. The maximum atomic E-state index is 11.2. The molecule has 0 radical (unpaired) electrons. The van der Waals surface area contributed by atoms with E-state index in [1.807, 2.05) is 55.5 Å². The molecule has 1 aromatic heterocycles. The van der Waals surface area contributed by atoms with Gasteiger partial charge in [0, 0.05) is 26.9 Å². The number of aliphatic hydroxyl groups is 1. The summed E-state index contributed by atoms with van der Waals surface area (Å²) < 4.78 is 24.6. The number of rotatable bonds is 5. The third-order valence-corrected chi connectivity index (χ3v) is 6.03. The Morgan fingerprint density at radius 1 is 0.933 bits per heavy atom. The lowest BCUT2D eigenvalue weighted by atomic mass is 10.0. The number of aromatic nitrogens is 1. The Labute approximate surface area is 182 Å². The van der Waals surface area contributed by atoms with Gasteiger partial charge in [0.05, 0.1) is 12.3 Å². The minimum atomic E-state index is -2.27. The largest absolute Gasteiger partial charge is 0.768 e. The second-order valence-corrected chi connectivity index (χ2v) is 8.33. The molecule has 0 saturated heterocycles. The van der Waals surface area contributed by atoms with E-state index in [-0.39, 0.29) is 11.5 Å². The van der Waals surface area contributed by atoms with Crippen LogP contribution in [-0.2, 0) is 17.7 Å². The Morgan fingerprint density at radius 3 is 2.10 bits per heavy atom. The van der Waals surface area contributed by atoms with Gasteiger partial charge in [-0.2, -0.15) is 0 Å². The van der Waals surface area contributed by atoms with Gasteiger partial charge < -0.3 is 14.2 Å². The molecular weight excluding hydrogens is 418 g/mol. The van der Waals surface area contributed by atoms with Crippen LogP contribution in [-0.4, -0.2) is 18.4 Å². The van der Waals surface area contributed by atoms with E-state index in [0.717, 1.165) is 39.3 Å². The number of benzene rings is 3. The van der Waals surface area contributed by atoms with Gasteiger partial charge in [-0.25, -0.2) is 0 Å². The van der Waals surface area contributed by atoms with Gasteiger partial charge >= 0.3 is 0 Å². The monoisotopic (exact) mass is 436 g/mol. The Balaban J connectivity index is 1.90. The standard InChI is InChI=1S/C24H20ClNO3S/c1-16-23(18-4-2-17(15-27)3-5-18)14-24(19-6-8-20(25)9-7-19)26(16)21-10-12-22(13-11-21)30(28)29/h2-14,27H,15H2,1H3,(H,28,29)/p-1. The zero-order valence-electron chi connectivity index (χ0n) is 16.2. The molecule has 4 aromatic rings. The normalized spacial score (nSPS) is 12.1. The van der Waals surface area contributed by atoms with Gasteiger partial charge in [0.25, 0.3) is 0 Å². The van der Waals surface area contributed by atoms with Crippen LogP contribution in [0.3, 0.4) is 0 Å². The van der Waals surface area contributed by atoms with Crippen molar-refractivity contribution in [3.8, 4) is 28.1 Å². The molecule has 30 heavy (non-hydrogen) atoms. The van der Waals surface area contributed by atoms with Crippen molar-refractivity contribution in [2.45, 2.75) is 18.4 Å². The topological polar surface area (TPSA) is 65.3 Å². The van der Waals surface area contributed by atoms with Crippen LogP contribution in [0.4, 0.5) is 0 Å². The summed E-state index contributed by atoms with van der Waals surface area (Å²) in [5.74, 6) is 0. The van der Waals surface area contributed by atoms with E-state index in [1.54, 1.807) is 24.3 Å². The highest BCUT2D eigenvalue weighted by Gasteiger charge is 2.16. The van der Waals surface area contributed by atoms with Crippen molar-refractivity contribution in [1.82, 2.24) is 4.57 Å². The summed E-state index contributed by atoms with van der Waals surface area (Å²) in [5, 5.41) is 9.99. The van der Waals surface area contributed by atoms with Crippen LogP contribution < -0.4 is 0 Å². The lowest BCUT2D eigenvalue weighted by Gasteiger charge is -2.14. The highest BCUT2D eigenvalue weighted by molar-refractivity contribution is 7.79. The third-order valence-electron chi connectivity index (χ3n) is 5.12. The fourth-order valence-corrected chi connectivity index (χ4v) is 4.05. The zero-order valence-corrected chi connectivity index (χ0v) is 17.8. The Kier molecular flexibility index (Phi) is 5.88. The van der Waals surface area contributed by atoms with Gasteiger partial charge in [0.2, 0.25) is 0 Å². The van der Waals surface area contributed by atoms with E-state index in [4.69, 9.17) is 11.6 Å². The van der Waals surface area contributed by atoms with Crippen LogP contribution in [0.5, 0.6) is 0 Å². The van der Waals surface area contributed by atoms with Crippen molar-refractivity contribution in [3.05, 3.63) is 95.1 Å². The van der Waals surface area contributed by atoms with Gasteiger partial charge in [-0.1, -0.05) is 48.0 Å². The Morgan fingerprint density at radius 2 is 1.53 bits per heavy atom. The van der Waals surface area contributed by atoms with Crippen molar-refractivity contribution >= 4 is 22.7 Å². The summed E-state index contributed by atoms with van der Waals surface area (Å²) in [5.41, 5.74) is 6.81. The molecule has 1 unspecified atom stereocenters. The second-order valence-electron chi connectivity index (χ2n) is 6.95. The van der Waals surface area contributed by atoms with Crippen LogP contribution >= 0.6 is 11.6 Å². The second kappa shape index (κ2) is 8.58. The molecule has 1 N–H and O–H groups in total. The summed E-state index contributed by atoms with van der Waals surface area (Å²) >= 11 is 3.81. The van der Waals surface area contributed by atoms with Crippen LogP contribution in [0.1, 0.15) is 11.3 Å². The molecule has 0 aliphatic carbocycles. The van der Waals surface area contributed by atoms with E-state index in [1.165, 1.54) is 0 Å². The predicted molar refractivity (Wildman–Crippen MR) is 119 cm³/mol. The van der Waals surface area contributed by atoms with Crippen molar-refractivity contribution < 1.29 is 13.9 Å². The molecule has 0 aliphatic rings. The fourth-order valence-electron chi connectivity index (χ4n) is 3.56. The Hall–Kier alpha value is -2.70. The smallest absolute Gasteiger partial charge is 0.0681 e. The molecule has 0 saturated carbocycles. The number of aliphatic hydroxyl groups excluding tert-OH is 1. The summed E-state index contributed by atoms with van der Waals surface area (Å²) in [6.07, 6.45) is 0. The number of hydrogen-bond acceptors (Lipinski definition) is 3. The van der Waals surface area contributed by atoms with Crippen molar-refractivity contribution in [2.75, 3.05) is 0 Å². The van der Waals surface area contributed by atoms with E-state index in [2.05, 4.69) is 10.6 Å². The average molecular weight is 437 g/mol. The van der Waals surface area contributed by atoms with E-state index < -0.39 is 11.1 Å². The van der Waals surface area contributed by atoms with Gasteiger partial charge in [0.1, 0.15) is 0 Å².